The van der Waals surface area contributed by atoms with E-state index in [0.717, 1.165) is 38.6 Å². The number of hydrogen-bond acceptors (Lipinski definition) is 6. The number of nitrogens with one attached hydrogen (secondary N) is 1. The van der Waals surface area contributed by atoms with Gasteiger partial charge in [0.25, 0.3) is 0 Å². The third-order valence-corrected chi connectivity index (χ3v) is 5.25. The molecule has 0 radical (unpaired) electrons. The molecule has 3 N–H and O–H groups in total. The maximum absolute atomic E-state index is 11.3. The number of aryl methyl sites for hydroxylation is 1. The normalized spacial score (nSPS) is 10.8. The summed E-state index contributed by atoms with van der Waals surface area (Å²) in [6.45, 7) is 1.87. The third-order valence-electron chi connectivity index (χ3n) is 4.38. The molecule has 2 aromatic heterocycles. The maximum atomic E-state index is 11.3. The third kappa shape index (κ3) is 3.39. The Morgan fingerprint density at radius 2 is 1.79 bits per heavy atom. The maximum Gasteiger partial charge on any atom is 0.248 e. The van der Waals surface area contributed by atoms with Crippen molar-refractivity contribution in [2.24, 2.45) is 5.73 Å². The van der Waals surface area contributed by atoms with Gasteiger partial charge in [-0.25, -0.2) is 9.97 Å². The van der Waals surface area contributed by atoms with Crippen molar-refractivity contribution < 1.29 is 9.53 Å². The van der Waals surface area contributed by atoms with Gasteiger partial charge in [0.2, 0.25) is 5.91 Å². The lowest BCUT2D eigenvalue weighted by molar-refractivity contribution is 0.100. The Morgan fingerprint density at radius 1 is 1.07 bits per heavy atom. The molecule has 4 aromatic rings. The first kappa shape index (κ1) is 17.9. The number of rotatable bonds is 5. The highest BCUT2D eigenvalue weighted by Gasteiger charge is 2.15. The number of primary amides is 1. The summed E-state index contributed by atoms with van der Waals surface area (Å²) in [6.07, 6.45) is 0. The van der Waals surface area contributed by atoms with Gasteiger partial charge in [0.05, 0.1) is 12.5 Å². The molecule has 1 amide bonds. The van der Waals surface area contributed by atoms with Gasteiger partial charge in [-0.3, -0.25) is 4.79 Å². The lowest BCUT2D eigenvalue weighted by atomic mass is 10.1. The van der Waals surface area contributed by atoms with Crippen molar-refractivity contribution in [1.82, 2.24) is 9.97 Å². The average molecular weight is 390 g/mol. The quantitative estimate of drug-likeness (QED) is 0.523. The van der Waals surface area contributed by atoms with Gasteiger partial charge in [0.1, 0.15) is 22.2 Å². The van der Waals surface area contributed by atoms with Crippen LogP contribution in [0.4, 0.5) is 11.5 Å². The molecule has 28 heavy (non-hydrogen) atoms. The van der Waals surface area contributed by atoms with Crippen LogP contribution in [0.3, 0.4) is 0 Å². The minimum Gasteiger partial charge on any atom is -0.497 e. The summed E-state index contributed by atoms with van der Waals surface area (Å²) in [5.41, 5.74) is 8.71. The highest BCUT2D eigenvalue weighted by molar-refractivity contribution is 7.17. The molecule has 0 aliphatic carbocycles. The van der Waals surface area contributed by atoms with Crippen LogP contribution >= 0.6 is 11.3 Å². The van der Waals surface area contributed by atoms with E-state index in [0.29, 0.717) is 11.4 Å². The van der Waals surface area contributed by atoms with E-state index >= 15 is 0 Å². The lowest BCUT2D eigenvalue weighted by Gasteiger charge is -2.10. The first-order valence-corrected chi connectivity index (χ1v) is 9.50. The standard InChI is InChI=1S/C21H18N4O2S/c1-12-23-20(25-15-7-3-14(4-8-15)19(22)26)18-17(11-28-21(18)24-12)13-5-9-16(27-2)10-6-13/h3-11H,1-2H3,(H2,22,26)(H,23,24,25). The molecule has 0 aliphatic rings. The van der Waals surface area contributed by atoms with E-state index < -0.39 is 5.91 Å². The van der Waals surface area contributed by atoms with Crippen LogP contribution in [0.25, 0.3) is 21.3 Å². The molecule has 2 heterocycles. The molecular weight excluding hydrogens is 372 g/mol. The molecule has 0 spiro atoms. The van der Waals surface area contributed by atoms with E-state index in [9.17, 15) is 4.79 Å². The number of nitrogens with zero attached hydrogens (tertiary/aromatic N) is 2. The van der Waals surface area contributed by atoms with Crippen molar-refractivity contribution in [3.8, 4) is 16.9 Å². The summed E-state index contributed by atoms with van der Waals surface area (Å²) in [7, 11) is 1.65. The molecule has 0 unspecified atom stereocenters. The van der Waals surface area contributed by atoms with Crippen molar-refractivity contribution in [3.63, 3.8) is 0 Å². The lowest BCUT2D eigenvalue weighted by Crippen LogP contribution is -2.10. The minimum absolute atomic E-state index is 0.452. The van der Waals surface area contributed by atoms with Gasteiger partial charge in [-0.05, 0) is 48.9 Å². The summed E-state index contributed by atoms with van der Waals surface area (Å²) >= 11 is 1.58. The topological polar surface area (TPSA) is 90.1 Å². The van der Waals surface area contributed by atoms with Gasteiger partial charge in [0.15, 0.2) is 0 Å². The second-order valence-electron chi connectivity index (χ2n) is 6.24. The number of aromatic nitrogens is 2. The van der Waals surface area contributed by atoms with Crippen molar-refractivity contribution in [1.29, 1.82) is 0 Å². The zero-order chi connectivity index (χ0) is 19.7. The number of carbonyl (C=O) groups excluding carboxylic acids is 1. The first-order chi connectivity index (χ1) is 13.5. The molecular formula is C21H18N4O2S. The van der Waals surface area contributed by atoms with Crippen LogP contribution in [0.1, 0.15) is 16.2 Å². The largest absolute Gasteiger partial charge is 0.497 e. The molecule has 0 fully saturated rings. The van der Waals surface area contributed by atoms with E-state index in [1.165, 1.54) is 0 Å². The number of ether oxygens (including phenoxy) is 1. The molecule has 0 bridgehead atoms. The summed E-state index contributed by atoms with van der Waals surface area (Å²) in [6, 6.07) is 14.9. The molecule has 0 atom stereocenters. The Bertz CT molecular complexity index is 1150. The van der Waals surface area contributed by atoms with Crippen molar-refractivity contribution in [2.45, 2.75) is 6.92 Å². The fraction of sp³-hybridized carbons (Fsp3) is 0.0952. The number of fused-ring (bicyclic) bond motifs is 1. The molecule has 4 rings (SSSR count). The van der Waals surface area contributed by atoms with Gasteiger partial charge >= 0.3 is 0 Å². The number of carbonyl (C=O) groups is 1. The summed E-state index contributed by atoms with van der Waals surface area (Å²) in [4.78, 5) is 21.4. The van der Waals surface area contributed by atoms with Crippen LogP contribution < -0.4 is 15.8 Å². The zero-order valence-corrected chi connectivity index (χ0v) is 16.2. The van der Waals surface area contributed by atoms with E-state index in [-0.39, 0.29) is 0 Å². The Labute approximate surface area is 166 Å². The number of methoxy groups -OCH3 is 1. The number of anilines is 2. The number of nitrogens with two attached hydrogens (primary N) is 1. The van der Waals surface area contributed by atoms with Gasteiger partial charge in [-0.1, -0.05) is 12.1 Å². The highest BCUT2D eigenvalue weighted by Crippen LogP contribution is 2.38. The average Bonchev–Trinajstić information content (AvgIpc) is 3.12. The number of amides is 1. The van der Waals surface area contributed by atoms with Crippen LogP contribution in [0, 0.1) is 6.92 Å². The summed E-state index contributed by atoms with van der Waals surface area (Å²) < 4.78 is 5.25. The van der Waals surface area contributed by atoms with Crippen LogP contribution in [0.5, 0.6) is 5.75 Å². The predicted molar refractivity (Wildman–Crippen MR) is 112 cm³/mol. The minimum atomic E-state index is -0.452. The van der Waals surface area contributed by atoms with E-state index in [2.05, 4.69) is 20.7 Å². The second-order valence-corrected chi connectivity index (χ2v) is 7.10. The van der Waals surface area contributed by atoms with Gasteiger partial charge in [-0.15, -0.1) is 11.3 Å². The fourth-order valence-electron chi connectivity index (χ4n) is 2.98. The van der Waals surface area contributed by atoms with Crippen LogP contribution in [0.15, 0.2) is 53.9 Å². The molecule has 0 saturated carbocycles. The van der Waals surface area contributed by atoms with E-state index in [4.69, 9.17) is 10.5 Å². The Kier molecular flexibility index (Phi) is 4.67. The summed E-state index contributed by atoms with van der Waals surface area (Å²) in [5, 5.41) is 6.39. The van der Waals surface area contributed by atoms with Crippen molar-refractivity contribution in [2.75, 3.05) is 12.4 Å². The van der Waals surface area contributed by atoms with Gasteiger partial charge in [-0.2, -0.15) is 0 Å². The first-order valence-electron chi connectivity index (χ1n) is 8.62. The fourth-order valence-corrected chi connectivity index (χ4v) is 3.97. The van der Waals surface area contributed by atoms with E-state index in [1.807, 2.05) is 43.3 Å². The van der Waals surface area contributed by atoms with Crippen molar-refractivity contribution >= 4 is 39.0 Å². The van der Waals surface area contributed by atoms with Gasteiger partial charge in [0, 0.05) is 22.2 Å². The molecule has 6 nitrogen and oxygen atoms in total. The van der Waals surface area contributed by atoms with Crippen LogP contribution in [-0.4, -0.2) is 23.0 Å². The highest BCUT2D eigenvalue weighted by atomic mass is 32.1. The summed E-state index contributed by atoms with van der Waals surface area (Å²) in [5.74, 6) is 1.77. The number of thiophene rings is 1. The van der Waals surface area contributed by atoms with Crippen LogP contribution in [-0.2, 0) is 0 Å². The second kappa shape index (κ2) is 7.28. The molecule has 0 saturated heterocycles. The predicted octanol–water partition coefficient (Wildman–Crippen LogP) is 4.52. The Balaban J connectivity index is 1.78. The van der Waals surface area contributed by atoms with Crippen LogP contribution in [0.2, 0.25) is 0 Å². The number of hydrogen-bond donors (Lipinski definition) is 2. The van der Waals surface area contributed by atoms with E-state index in [1.54, 1.807) is 30.6 Å². The monoisotopic (exact) mass is 390 g/mol. The Morgan fingerprint density at radius 3 is 2.43 bits per heavy atom. The van der Waals surface area contributed by atoms with Gasteiger partial charge < -0.3 is 15.8 Å². The Hall–Kier alpha value is -3.45. The molecule has 7 heteroatoms. The molecule has 0 aliphatic heterocycles. The smallest absolute Gasteiger partial charge is 0.248 e. The zero-order valence-electron chi connectivity index (χ0n) is 15.4. The molecule has 140 valence electrons. The number of benzene rings is 2. The SMILES string of the molecule is COc1ccc(-c2csc3nc(C)nc(Nc4ccc(C(N)=O)cc4)c23)cc1. The van der Waals surface area contributed by atoms with Crippen molar-refractivity contribution in [3.05, 3.63) is 65.3 Å². The molecule has 2 aromatic carbocycles.